The minimum atomic E-state index is 0.525. The van der Waals surface area contributed by atoms with Crippen molar-refractivity contribution < 1.29 is 4.74 Å². The van der Waals surface area contributed by atoms with E-state index in [1.165, 1.54) is 96.3 Å². The van der Waals surface area contributed by atoms with Gasteiger partial charge in [-0.15, -0.1) is 0 Å². The van der Waals surface area contributed by atoms with Crippen molar-refractivity contribution in [1.29, 1.82) is 0 Å². The van der Waals surface area contributed by atoms with Gasteiger partial charge in [-0.3, -0.25) is 0 Å². The maximum absolute atomic E-state index is 5.17. The summed E-state index contributed by atoms with van der Waals surface area (Å²) in [6.45, 7) is 3.28. The Hall–Kier alpha value is -0.0400. The van der Waals surface area contributed by atoms with Crippen LogP contribution < -0.4 is 0 Å². The summed E-state index contributed by atoms with van der Waals surface area (Å²) in [7, 11) is 0. The van der Waals surface area contributed by atoms with E-state index >= 15 is 0 Å². The van der Waals surface area contributed by atoms with Gasteiger partial charge in [0.25, 0.3) is 0 Å². The molecule has 1 radical (unpaired) electrons. The molecule has 0 aromatic rings. The second-order valence-electron chi connectivity index (χ2n) is 6.49. The van der Waals surface area contributed by atoms with E-state index in [0.29, 0.717) is 6.10 Å². The second-order valence-corrected chi connectivity index (χ2v) is 6.49. The van der Waals surface area contributed by atoms with E-state index in [1.807, 2.05) is 0 Å². The van der Waals surface area contributed by atoms with E-state index in [2.05, 4.69) is 13.3 Å². The Labute approximate surface area is 127 Å². The molecule has 1 aliphatic rings. The number of epoxide rings is 1. The normalized spacial score (nSPS) is 17.6. The van der Waals surface area contributed by atoms with Crippen LogP contribution in [0.1, 0.15) is 103 Å². The Bertz CT molecular complexity index is 186. The highest BCUT2D eigenvalue weighted by molar-refractivity contribution is 4.85. The molecule has 20 heavy (non-hydrogen) atoms. The monoisotopic (exact) mass is 281 g/mol. The van der Waals surface area contributed by atoms with E-state index < -0.39 is 0 Å². The molecule has 1 unspecified atom stereocenters. The van der Waals surface area contributed by atoms with Crippen LogP contribution in [0.25, 0.3) is 0 Å². The maximum atomic E-state index is 5.17. The first-order valence-electron chi connectivity index (χ1n) is 9.38. The zero-order chi connectivity index (χ0) is 14.3. The summed E-state index contributed by atoms with van der Waals surface area (Å²) in [4.78, 5) is 0. The zero-order valence-corrected chi connectivity index (χ0v) is 13.9. The first kappa shape index (κ1) is 18.0. The molecule has 0 amide bonds. The van der Waals surface area contributed by atoms with Crippen LogP contribution >= 0.6 is 0 Å². The van der Waals surface area contributed by atoms with Crippen LogP contribution in [0, 0.1) is 6.42 Å². The van der Waals surface area contributed by atoms with Crippen LogP contribution in [0.15, 0.2) is 0 Å². The quantitative estimate of drug-likeness (QED) is 0.233. The van der Waals surface area contributed by atoms with Crippen LogP contribution in [0.3, 0.4) is 0 Å². The summed E-state index contributed by atoms with van der Waals surface area (Å²) < 4.78 is 5.17. The van der Waals surface area contributed by atoms with Crippen molar-refractivity contribution in [2.45, 2.75) is 109 Å². The molecule has 119 valence electrons. The fraction of sp³-hybridized carbons (Fsp3) is 0.947. The van der Waals surface area contributed by atoms with Gasteiger partial charge in [0.05, 0.1) is 12.7 Å². The van der Waals surface area contributed by atoms with E-state index in [1.54, 1.807) is 0 Å². The SMILES string of the molecule is CCCCCCCCCCCCCCCC[CH]C1CO1. The summed E-state index contributed by atoms with van der Waals surface area (Å²) in [6, 6.07) is 0. The Kier molecular flexibility index (Phi) is 12.5. The molecule has 0 aromatic heterocycles. The average molecular weight is 282 g/mol. The van der Waals surface area contributed by atoms with Gasteiger partial charge in [-0.05, 0) is 12.8 Å². The van der Waals surface area contributed by atoms with Gasteiger partial charge >= 0.3 is 0 Å². The van der Waals surface area contributed by atoms with Crippen LogP contribution in [-0.2, 0) is 4.74 Å². The topological polar surface area (TPSA) is 12.5 Å². The fourth-order valence-corrected chi connectivity index (χ4v) is 2.83. The predicted octanol–water partition coefficient (Wildman–Crippen LogP) is 6.46. The Morgan fingerprint density at radius 1 is 0.700 bits per heavy atom. The lowest BCUT2D eigenvalue weighted by atomic mass is 10.0. The molecule has 1 heterocycles. The van der Waals surface area contributed by atoms with Crippen LogP contribution in [-0.4, -0.2) is 12.7 Å². The maximum Gasteiger partial charge on any atom is 0.0841 e. The van der Waals surface area contributed by atoms with E-state index in [9.17, 15) is 0 Å². The number of hydrogen-bond acceptors (Lipinski definition) is 1. The second kappa shape index (κ2) is 13.9. The van der Waals surface area contributed by atoms with E-state index in [0.717, 1.165) is 6.61 Å². The van der Waals surface area contributed by atoms with Gasteiger partial charge in [-0.1, -0.05) is 96.8 Å². The highest BCUT2D eigenvalue weighted by Crippen LogP contribution is 2.17. The summed E-state index contributed by atoms with van der Waals surface area (Å²) in [5.41, 5.74) is 0. The molecule has 1 rings (SSSR count). The lowest BCUT2D eigenvalue weighted by molar-refractivity contribution is 0.423. The van der Waals surface area contributed by atoms with Gasteiger partial charge in [0.15, 0.2) is 0 Å². The molecule has 0 aromatic carbocycles. The van der Waals surface area contributed by atoms with Gasteiger partial charge < -0.3 is 4.74 Å². The molecule has 1 aliphatic heterocycles. The van der Waals surface area contributed by atoms with Gasteiger partial charge in [-0.25, -0.2) is 0 Å². The standard InChI is InChI=1S/C19H37O/c1-2-3-4-5-6-7-8-9-10-11-12-13-14-15-16-17-19-18-20-19/h17,19H,2-16,18H2,1H3. The summed E-state index contributed by atoms with van der Waals surface area (Å²) in [5, 5.41) is 0. The summed E-state index contributed by atoms with van der Waals surface area (Å²) in [6.07, 6.45) is 24.4. The number of unbranched alkanes of at least 4 members (excludes halogenated alkanes) is 14. The number of hydrogen-bond donors (Lipinski definition) is 0. The van der Waals surface area contributed by atoms with Crippen molar-refractivity contribution in [2.24, 2.45) is 0 Å². The van der Waals surface area contributed by atoms with E-state index in [-0.39, 0.29) is 0 Å². The van der Waals surface area contributed by atoms with Crippen molar-refractivity contribution >= 4 is 0 Å². The molecule has 1 fully saturated rings. The van der Waals surface area contributed by atoms with Crippen molar-refractivity contribution in [3.05, 3.63) is 6.42 Å². The molecular weight excluding hydrogens is 244 g/mol. The third-order valence-corrected chi connectivity index (χ3v) is 4.35. The number of rotatable bonds is 16. The van der Waals surface area contributed by atoms with Crippen molar-refractivity contribution in [2.75, 3.05) is 6.61 Å². The van der Waals surface area contributed by atoms with E-state index in [4.69, 9.17) is 4.74 Å². The Morgan fingerprint density at radius 3 is 1.50 bits per heavy atom. The first-order chi connectivity index (χ1) is 9.93. The lowest BCUT2D eigenvalue weighted by Crippen LogP contribution is -1.87. The third-order valence-electron chi connectivity index (χ3n) is 4.35. The number of ether oxygens (including phenoxy) is 1. The first-order valence-corrected chi connectivity index (χ1v) is 9.38. The lowest BCUT2D eigenvalue weighted by Gasteiger charge is -2.03. The van der Waals surface area contributed by atoms with Crippen LogP contribution in [0.5, 0.6) is 0 Å². The zero-order valence-electron chi connectivity index (χ0n) is 13.9. The molecule has 1 heteroatoms. The van der Waals surface area contributed by atoms with Crippen molar-refractivity contribution in [1.82, 2.24) is 0 Å². The van der Waals surface area contributed by atoms with Crippen LogP contribution in [0.4, 0.5) is 0 Å². The fourth-order valence-electron chi connectivity index (χ4n) is 2.83. The third kappa shape index (κ3) is 13.0. The highest BCUT2D eigenvalue weighted by Gasteiger charge is 2.21. The summed E-state index contributed by atoms with van der Waals surface area (Å²) >= 11 is 0. The Balaban J connectivity index is 1.60. The molecule has 0 spiro atoms. The minimum absolute atomic E-state index is 0.525. The smallest absolute Gasteiger partial charge is 0.0841 e. The molecule has 0 saturated carbocycles. The molecule has 0 aliphatic carbocycles. The molecule has 0 N–H and O–H groups in total. The molecule has 1 saturated heterocycles. The Morgan fingerprint density at radius 2 is 1.10 bits per heavy atom. The molecule has 1 atom stereocenters. The molecule has 0 bridgehead atoms. The summed E-state index contributed by atoms with van der Waals surface area (Å²) in [5.74, 6) is 0. The van der Waals surface area contributed by atoms with Crippen LogP contribution in [0.2, 0.25) is 0 Å². The van der Waals surface area contributed by atoms with Crippen molar-refractivity contribution in [3.63, 3.8) is 0 Å². The predicted molar refractivity (Wildman–Crippen MR) is 89.0 cm³/mol. The van der Waals surface area contributed by atoms with Gasteiger partial charge in [-0.2, -0.15) is 0 Å². The minimum Gasteiger partial charge on any atom is -0.373 e. The highest BCUT2D eigenvalue weighted by atomic mass is 16.6. The van der Waals surface area contributed by atoms with Gasteiger partial charge in [0.2, 0.25) is 0 Å². The van der Waals surface area contributed by atoms with Gasteiger partial charge in [0.1, 0.15) is 0 Å². The van der Waals surface area contributed by atoms with Crippen molar-refractivity contribution in [3.8, 4) is 0 Å². The average Bonchev–Trinajstić information content (AvgIpc) is 3.27. The molecule has 1 nitrogen and oxygen atoms in total. The molecular formula is C19H37O. The largest absolute Gasteiger partial charge is 0.373 e. The van der Waals surface area contributed by atoms with Gasteiger partial charge in [0, 0.05) is 0 Å².